The summed E-state index contributed by atoms with van der Waals surface area (Å²) in [6.07, 6.45) is 3.39. The number of rotatable bonds is 6. The van der Waals surface area contributed by atoms with Gasteiger partial charge in [0.1, 0.15) is 22.7 Å². The average molecular weight is 649 g/mol. The van der Waals surface area contributed by atoms with Gasteiger partial charge in [0.15, 0.2) is 0 Å². The number of methoxy groups -OCH3 is 2. The summed E-state index contributed by atoms with van der Waals surface area (Å²) in [5.41, 5.74) is 2.30. The lowest BCUT2D eigenvalue weighted by Crippen LogP contribution is -2.11. The Hall–Kier alpha value is -6.42. The van der Waals surface area contributed by atoms with E-state index in [1.807, 2.05) is 48.5 Å². The molecule has 10 heteroatoms. The largest absolute Gasteiger partial charge is 0.507 e. The lowest BCUT2D eigenvalue weighted by Gasteiger charge is -2.10. The molecule has 0 unspecified atom stereocenters. The fourth-order valence-electron chi connectivity index (χ4n) is 4.54. The Kier molecular flexibility index (Phi) is 12.0. The number of aromatic hydroxyl groups is 2. The van der Waals surface area contributed by atoms with Gasteiger partial charge < -0.3 is 28.5 Å². The van der Waals surface area contributed by atoms with Crippen molar-refractivity contribution in [2.45, 2.75) is 12.8 Å². The van der Waals surface area contributed by atoms with Gasteiger partial charge in [0.2, 0.25) is 0 Å². The summed E-state index contributed by atoms with van der Waals surface area (Å²) in [5, 5.41) is 20.8. The smallest absolute Gasteiger partial charge is 0.343 e. The SMILES string of the molecule is COC(=O)/C=C/c1ccccc1.COC(=O)Cc1ccccc1Cc1c(O)c2ccccc2oc1=O.O=c1cc(O)c2ccccc2o1. The lowest BCUT2D eigenvalue weighted by molar-refractivity contribution is -0.139. The van der Waals surface area contributed by atoms with Crippen molar-refractivity contribution in [3.8, 4) is 11.5 Å². The van der Waals surface area contributed by atoms with Crippen molar-refractivity contribution in [2.24, 2.45) is 0 Å². The minimum Gasteiger partial charge on any atom is -0.507 e. The van der Waals surface area contributed by atoms with Crippen LogP contribution in [0.2, 0.25) is 0 Å². The Morgan fingerprint density at radius 3 is 1.96 bits per heavy atom. The van der Waals surface area contributed by atoms with Crippen LogP contribution in [0.1, 0.15) is 22.3 Å². The second kappa shape index (κ2) is 16.8. The first kappa shape index (κ1) is 34.5. The summed E-state index contributed by atoms with van der Waals surface area (Å²) in [4.78, 5) is 45.2. The normalized spacial score (nSPS) is 10.5. The third kappa shape index (κ3) is 9.30. The quantitative estimate of drug-likeness (QED) is 0.122. The molecule has 0 atom stereocenters. The summed E-state index contributed by atoms with van der Waals surface area (Å²) in [5.74, 6) is -0.826. The first-order valence-electron chi connectivity index (χ1n) is 14.6. The molecule has 0 radical (unpaired) electrons. The Morgan fingerprint density at radius 2 is 1.29 bits per heavy atom. The monoisotopic (exact) mass is 648 g/mol. The van der Waals surface area contributed by atoms with Crippen molar-refractivity contribution in [1.29, 1.82) is 0 Å². The molecule has 0 saturated heterocycles. The molecule has 244 valence electrons. The summed E-state index contributed by atoms with van der Waals surface area (Å²) in [7, 11) is 2.69. The molecule has 2 heterocycles. The van der Waals surface area contributed by atoms with Crippen LogP contribution in [0.3, 0.4) is 0 Å². The molecule has 0 fully saturated rings. The minimum absolute atomic E-state index is 0.0400. The van der Waals surface area contributed by atoms with Gasteiger partial charge in [0.25, 0.3) is 0 Å². The molecule has 6 rings (SSSR count). The Bertz CT molecular complexity index is 2160. The first-order valence-corrected chi connectivity index (χ1v) is 14.6. The molecule has 0 saturated carbocycles. The van der Waals surface area contributed by atoms with Gasteiger partial charge in [-0.05, 0) is 47.0 Å². The van der Waals surface area contributed by atoms with Crippen molar-refractivity contribution >= 4 is 40.0 Å². The van der Waals surface area contributed by atoms with E-state index in [0.29, 0.717) is 21.9 Å². The van der Waals surface area contributed by atoms with Crippen LogP contribution in [0.15, 0.2) is 134 Å². The van der Waals surface area contributed by atoms with Gasteiger partial charge in [-0.1, -0.05) is 78.9 Å². The second-order valence-electron chi connectivity index (χ2n) is 10.1. The van der Waals surface area contributed by atoms with E-state index in [2.05, 4.69) is 4.74 Å². The summed E-state index contributed by atoms with van der Waals surface area (Å²) < 4.78 is 19.2. The zero-order valence-corrected chi connectivity index (χ0v) is 26.1. The van der Waals surface area contributed by atoms with E-state index in [1.165, 1.54) is 20.3 Å². The fraction of sp³-hybridized carbons (Fsp3) is 0.105. The van der Waals surface area contributed by atoms with Crippen LogP contribution in [0.5, 0.6) is 11.5 Å². The van der Waals surface area contributed by atoms with Crippen LogP contribution in [0.4, 0.5) is 0 Å². The number of ether oxygens (including phenoxy) is 2. The topological polar surface area (TPSA) is 153 Å². The predicted octanol–water partition coefficient (Wildman–Crippen LogP) is 6.18. The molecule has 0 aliphatic rings. The van der Waals surface area contributed by atoms with Crippen LogP contribution in [0.25, 0.3) is 28.0 Å². The Morgan fingerprint density at radius 1 is 0.708 bits per heavy atom. The number of esters is 2. The number of fused-ring (bicyclic) bond motifs is 2. The maximum absolute atomic E-state index is 12.2. The van der Waals surface area contributed by atoms with Crippen LogP contribution in [0, 0.1) is 0 Å². The average Bonchev–Trinajstić information content (AvgIpc) is 3.10. The zero-order chi connectivity index (χ0) is 34.5. The van der Waals surface area contributed by atoms with Gasteiger partial charge in [-0.25, -0.2) is 14.4 Å². The Labute approximate surface area is 274 Å². The van der Waals surface area contributed by atoms with E-state index in [1.54, 1.807) is 60.7 Å². The molecule has 0 bridgehead atoms. The lowest BCUT2D eigenvalue weighted by atomic mass is 9.97. The highest BCUT2D eigenvalue weighted by atomic mass is 16.5. The highest BCUT2D eigenvalue weighted by Crippen LogP contribution is 2.28. The number of hydrogen-bond donors (Lipinski definition) is 2. The molecule has 4 aromatic carbocycles. The van der Waals surface area contributed by atoms with Crippen molar-refractivity contribution in [3.63, 3.8) is 0 Å². The van der Waals surface area contributed by atoms with Gasteiger partial charge in [0.05, 0.1) is 43.0 Å². The Balaban J connectivity index is 0.000000181. The van der Waals surface area contributed by atoms with Gasteiger partial charge in [0, 0.05) is 12.5 Å². The maximum Gasteiger partial charge on any atom is 0.343 e. The second-order valence-corrected chi connectivity index (χ2v) is 10.1. The van der Waals surface area contributed by atoms with Crippen LogP contribution < -0.4 is 11.3 Å². The third-order valence-electron chi connectivity index (χ3n) is 6.97. The third-order valence-corrected chi connectivity index (χ3v) is 6.97. The van der Waals surface area contributed by atoms with Crippen molar-refractivity contribution in [2.75, 3.05) is 14.2 Å². The number of carbonyl (C=O) groups is 2. The predicted molar refractivity (Wildman–Crippen MR) is 181 cm³/mol. The molecule has 10 nitrogen and oxygen atoms in total. The molecule has 0 amide bonds. The van der Waals surface area contributed by atoms with Crippen molar-refractivity contribution in [1.82, 2.24) is 0 Å². The van der Waals surface area contributed by atoms with Gasteiger partial charge in [-0.15, -0.1) is 0 Å². The van der Waals surface area contributed by atoms with Crippen molar-refractivity contribution < 1.29 is 38.1 Å². The first-order chi connectivity index (χ1) is 23.2. The standard InChI is InChI=1S/C19H16O5.C10H10O2.C9H6O3/c1-23-17(20)11-13-7-3-2-6-12(13)10-15-18(21)14-8-4-5-9-16(14)24-19(15)22;1-12-10(11)8-7-9-5-3-2-4-6-9;10-7-5-9(11)12-8-4-2-1-3-6(7)8/h2-9,21H,10-11H2,1H3;2-8H,1H3;1-5,10H/b;8-7+;. The molecule has 0 spiro atoms. The molecule has 48 heavy (non-hydrogen) atoms. The van der Waals surface area contributed by atoms with Crippen LogP contribution in [-0.2, 0) is 31.9 Å². The van der Waals surface area contributed by atoms with E-state index < -0.39 is 11.3 Å². The fourth-order valence-corrected chi connectivity index (χ4v) is 4.54. The summed E-state index contributed by atoms with van der Waals surface area (Å²) in [6.45, 7) is 0. The highest BCUT2D eigenvalue weighted by molar-refractivity contribution is 5.87. The molecule has 6 aromatic rings. The summed E-state index contributed by atoms with van der Waals surface area (Å²) >= 11 is 0. The van der Waals surface area contributed by atoms with E-state index in [4.69, 9.17) is 13.6 Å². The number of para-hydroxylation sites is 2. The van der Waals surface area contributed by atoms with Crippen LogP contribution in [-0.4, -0.2) is 36.4 Å². The molecular formula is C38H32O10. The number of carbonyl (C=O) groups excluding carboxylic acids is 2. The van der Waals surface area contributed by atoms with Crippen molar-refractivity contribution in [3.05, 3.63) is 158 Å². The van der Waals surface area contributed by atoms with Crippen LogP contribution >= 0.6 is 0 Å². The number of hydrogen-bond acceptors (Lipinski definition) is 10. The molecule has 0 aliphatic carbocycles. The zero-order valence-electron chi connectivity index (χ0n) is 26.1. The number of benzene rings is 4. The van der Waals surface area contributed by atoms with E-state index in [0.717, 1.165) is 22.8 Å². The molecule has 0 aliphatic heterocycles. The van der Waals surface area contributed by atoms with Gasteiger partial charge in [-0.3, -0.25) is 4.79 Å². The molecule has 2 aromatic heterocycles. The molecular weight excluding hydrogens is 616 g/mol. The minimum atomic E-state index is -0.584. The molecule has 2 N–H and O–H groups in total. The summed E-state index contributed by atoms with van der Waals surface area (Å²) in [6, 6.07) is 31.5. The van der Waals surface area contributed by atoms with E-state index >= 15 is 0 Å². The highest BCUT2D eigenvalue weighted by Gasteiger charge is 2.16. The van der Waals surface area contributed by atoms with E-state index in [-0.39, 0.29) is 41.8 Å². The maximum atomic E-state index is 12.2. The van der Waals surface area contributed by atoms with Gasteiger partial charge >= 0.3 is 23.2 Å². The van der Waals surface area contributed by atoms with E-state index in [9.17, 15) is 29.4 Å². The van der Waals surface area contributed by atoms with Gasteiger partial charge in [-0.2, -0.15) is 0 Å².